The van der Waals surface area contributed by atoms with E-state index in [-0.39, 0.29) is 0 Å². The summed E-state index contributed by atoms with van der Waals surface area (Å²) in [6.45, 7) is 0. The van der Waals surface area contributed by atoms with Crippen LogP contribution in [-0.4, -0.2) is 0 Å². The summed E-state index contributed by atoms with van der Waals surface area (Å²) in [5.41, 5.74) is 0.348. The fourth-order valence-electron chi connectivity index (χ4n) is 1.85. The van der Waals surface area contributed by atoms with Gasteiger partial charge in [-0.05, 0) is 19.3 Å². The van der Waals surface area contributed by atoms with Gasteiger partial charge in [0.15, 0.2) is 0 Å². The van der Waals surface area contributed by atoms with Crippen LogP contribution in [0.3, 0.4) is 0 Å². The van der Waals surface area contributed by atoms with Crippen molar-refractivity contribution in [3.8, 4) is 0 Å². The third kappa shape index (κ3) is 1.42. The average Bonchev–Trinajstić information content (AvgIpc) is 2.47. The minimum absolute atomic E-state index is 0.348. The average molecular weight is 158 g/mol. The van der Waals surface area contributed by atoms with Gasteiger partial charge in [0.1, 0.15) is 0 Å². The summed E-state index contributed by atoms with van der Waals surface area (Å²) in [4.78, 5) is 0. The third-order valence-corrected chi connectivity index (χ3v) is 2.63. The van der Waals surface area contributed by atoms with Crippen molar-refractivity contribution >= 4 is 0 Å². The molecule has 0 amide bonds. The summed E-state index contributed by atoms with van der Waals surface area (Å²) in [7, 11) is 0. The molecule has 0 unspecified atom stereocenters. The Morgan fingerprint density at radius 2 is 1.58 bits per heavy atom. The van der Waals surface area contributed by atoms with Crippen LogP contribution < -0.4 is 0 Å². The maximum absolute atomic E-state index is 2.33. The SMILES string of the molecule is C1=CC2(C=C1)C/C=C\C=C/CC2. The summed E-state index contributed by atoms with van der Waals surface area (Å²) in [5, 5.41) is 0. The van der Waals surface area contributed by atoms with Gasteiger partial charge in [-0.15, -0.1) is 0 Å². The lowest BCUT2D eigenvalue weighted by molar-refractivity contribution is 0.465. The van der Waals surface area contributed by atoms with Crippen molar-refractivity contribution in [2.45, 2.75) is 19.3 Å². The third-order valence-electron chi connectivity index (χ3n) is 2.63. The number of rotatable bonds is 0. The van der Waals surface area contributed by atoms with Crippen molar-refractivity contribution < 1.29 is 0 Å². The molecule has 0 heterocycles. The molecule has 0 fully saturated rings. The molecule has 0 aromatic heterocycles. The summed E-state index contributed by atoms with van der Waals surface area (Å²) in [6, 6.07) is 0. The van der Waals surface area contributed by atoms with Crippen molar-refractivity contribution in [2.75, 3.05) is 0 Å². The fraction of sp³-hybridized carbons (Fsp3) is 0.333. The quantitative estimate of drug-likeness (QED) is 0.507. The van der Waals surface area contributed by atoms with Crippen molar-refractivity contribution in [2.24, 2.45) is 5.41 Å². The van der Waals surface area contributed by atoms with Crippen LogP contribution in [0.4, 0.5) is 0 Å². The van der Waals surface area contributed by atoms with Gasteiger partial charge in [0.25, 0.3) is 0 Å². The van der Waals surface area contributed by atoms with Crippen molar-refractivity contribution in [1.29, 1.82) is 0 Å². The van der Waals surface area contributed by atoms with Crippen LogP contribution in [0.25, 0.3) is 0 Å². The standard InChI is InChI=1S/C12H14/c1-2-4-8-12(9-5-3-1)10-6-7-11-12/h1-4,6-7,10-11H,5,8-9H2/b3-1-,4-2-. The highest BCUT2D eigenvalue weighted by atomic mass is 14.3. The highest BCUT2D eigenvalue weighted by Gasteiger charge is 2.23. The van der Waals surface area contributed by atoms with Crippen LogP contribution in [0.5, 0.6) is 0 Å². The molecule has 0 nitrogen and oxygen atoms in total. The van der Waals surface area contributed by atoms with Gasteiger partial charge in [-0.25, -0.2) is 0 Å². The van der Waals surface area contributed by atoms with E-state index in [1.54, 1.807) is 0 Å². The zero-order valence-electron chi connectivity index (χ0n) is 7.24. The molecule has 12 heavy (non-hydrogen) atoms. The second kappa shape index (κ2) is 3.14. The Kier molecular flexibility index (Phi) is 1.99. The highest BCUT2D eigenvalue weighted by molar-refractivity contribution is 5.27. The van der Waals surface area contributed by atoms with E-state index in [1.807, 2.05) is 0 Å². The normalized spacial score (nSPS) is 30.0. The molecular weight excluding hydrogens is 144 g/mol. The van der Waals surface area contributed by atoms with Crippen molar-refractivity contribution in [3.05, 3.63) is 48.6 Å². The Balaban J connectivity index is 2.17. The fourth-order valence-corrected chi connectivity index (χ4v) is 1.85. The Hall–Kier alpha value is -1.04. The molecule has 0 saturated heterocycles. The lowest BCUT2D eigenvalue weighted by Crippen LogP contribution is -2.11. The maximum Gasteiger partial charge on any atom is 0.0105 e. The molecule has 0 radical (unpaired) electrons. The van der Waals surface area contributed by atoms with Crippen LogP contribution in [0.2, 0.25) is 0 Å². The molecule has 0 bridgehead atoms. The molecule has 2 aliphatic rings. The van der Waals surface area contributed by atoms with Crippen molar-refractivity contribution in [1.82, 2.24) is 0 Å². The number of hydrogen-bond acceptors (Lipinski definition) is 0. The van der Waals surface area contributed by atoms with E-state index in [9.17, 15) is 0 Å². The topological polar surface area (TPSA) is 0 Å². The van der Waals surface area contributed by atoms with E-state index in [0.717, 1.165) is 6.42 Å². The van der Waals surface area contributed by atoms with E-state index in [0.29, 0.717) is 5.41 Å². The van der Waals surface area contributed by atoms with E-state index < -0.39 is 0 Å². The van der Waals surface area contributed by atoms with Gasteiger partial charge in [-0.3, -0.25) is 0 Å². The van der Waals surface area contributed by atoms with Crippen LogP contribution in [0.15, 0.2) is 48.6 Å². The van der Waals surface area contributed by atoms with Gasteiger partial charge < -0.3 is 0 Å². The van der Waals surface area contributed by atoms with Gasteiger partial charge >= 0.3 is 0 Å². The smallest absolute Gasteiger partial charge is 0.0105 e. The van der Waals surface area contributed by atoms with E-state index >= 15 is 0 Å². The van der Waals surface area contributed by atoms with Crippen molar-refractivity contribution in [3.63, 3.8) is 0 Å². The molecule has 0 atom stereocenters. The molecule has 0 aromatic rings. The molecule has 0 N–H and O–H groups in total. The molecule has 2 aliphatic carbocycles. The summed E-state index contributed by atoms with van der Waals surface area (Å²) in [5.74, 6) is 0. The van der Waals surface area contributed by atoms with E-state index in [1.165, 1.54) is 12.8 Å². The van der Waals surface area contributed by atoms with Gasteiger partial charge in [-0.2, -0.15) is 0 Å². The minimum atomic E-state index is 0.348. The largest absolute Gasteiger partial charge is 0.0845 e. The van der Waals surface area contributed by atoms with Crippen LogP contribution >= 0.6 is 0 Å². The molecule has 2 rings (SSSR count). The summed E-state index contributed by atoms with van der Waals surface area (Å²) >= 11 is 0. The monoisotopic (exact) mass is 158 g/mol. The Morgan fingerprint density at radius 3 is 2.42 bits per heavy atom. The lowest BCUT2D eigenvalue weighted by atomic mass is 9.81. The van der Waals surface area contributed by atoms with Gasteiger partial charge in [0, 0.05) is 5.41 Å². The molecule has 0 aliphatic heterocycles. The maximum atomic E-state index is 2.33. The van der Waals surface area contributed by atoms with Gasteiger partial charge in [0.2, 0.25) is 0 Å². The minimum Gasteiger partial charge on any atom is -0.0845 e. The molecule has 62 valence electrons. The second-order valence-corrected chi connectivity index (χ2v) is 3.55. The van der Waals surface area contributed by atoms with E-state index in [4.69, 9.17) is 0 Å². The molecule has 0 aromatic carbocycles. The zero-order chi connectivity index (χ0) is 8.28. The van der Waals surface area contributed by atoms with E-state index in [2.05, 4.69) is 48.6 Å². The second-order valence-electron chi connectivity index (χ2n) is 3.55. The lowest BCUT2D eigenvalue weighted by Gasteiger charge is -2.23. The van der Waals surface area contributed by atoms with Gasteiger partial charge in [0.05, 0.1) is 0 Å². The molecule has 0 saturated carbocycles. The first-order valence-electron chi connectivity index (χ1n) is 4.60. The Morgan fingerprint density at radius 1 is 0.833 bits per heavy atom. The zero-order valence-corrected chi connectivity index (χ0v) is 7.24. The first-order valence-corrected chi connectivity index (χ1v) is 4.60. The number of allylic oxidation sites excluding steroid dienone is 8. The Bertz CT molecular complexity index is 252. The Labute approximate surface area is 74.0 Å². The molecular formula is C12H14. The molecule has 1 spiro atoms. The van der Waals surface area contributed by atoms with Crippen LogP contribution in [0, 0.1) is 5.41 Å². The predicted octanol–water partition coefficient (Wildman–Crippen LogP) is 3.40. The highest BCUT2D eigenvalue weighted by Crippen LogP contribution is 2.36. The number of hydrogen-bond donors (Lipinski definition) is 0. The van der Waals surface area contributed by atoms with Crippen LogP contribution in [0.1, 0.15) is 19.3 Å². The predicted molar refractivity (Wildman–Crippen MR) is 52.8 cm³/mol. The first-order chi connectivity index (χ1) is 5.91. The first kappa shape index (κ1) is 7.60. The summed E-state index contributed by atoms with van der Waals surface area (Å²) in [6.07, 6.45) is 21.4. The van der Waals surface area contributed by atoms with Gasteiger partial charge in [-0.1, -0.05) is 48.6 Å². The summed E-state index contributed by atoms with van der Waals surface area (Å²) < 4.78 is 0. The van der Waals surface area contributed by atoms with Crippen LogP contribution in [-0.2, 0) is 0 Å². The molecule has 0 heteroatoms.